The summed E-state index contributed by atoms with van der Waals surface area (Å²) in [6.45, 7) is 8.41. The van der Waals surface area contributed by atoms with Gasteiger partial charge in [0.15, 0.2) is 11.5 Å². The maximum absolute atomic E-state index is 9.46. The molecule has 75 heavy (non-hydrogen) atoms. The first-order chi connectivity index (χ1) is 37.0. The number of para-hydroxylation sites is 4. The van der Waals surface area contributed by atoms with Gasteiger partial charge in [0.05, 0.1) is 74.3 Å². The van der Waals surface area contributed by atoms with Crippen LogP contribution in [0.25, 0.3) is 132 Å². The summed E-state index contributed by atoms with van der Waals surface area (Å²) < 4.78 is 7.11. The molecular formula is C67H38N8. The van der Waals surface area contributed by atoms with Crippen LogP contribution in [0.15, 0.2) is 231 Å². The van der Waals surface area contributed by atoms with Gasteiger partial charge >= 0.3 is 0 Å². The summed E-state index contributed by atoms with van der Waals surface area (Å²) in [6, 6.07) is 83.4. The van der Waals surface area contributed by atoms with E-state index in [-0.39, 0.29) is 0 Å². The molecule has 4 heterocycles. The summed E-state index contributed by atoms with van der Waals surface area (Å²) in [4.78, 5) is 14.0. The average molecular weight is 955 g/mol. The zero-order chi connectivity index (χ0) is 50.1. The van der Waals surface area contributed by atoms with Crippen LogP contribution in [0.5, 0.6) is 0 Å². The van der Waals surface area contributed by atoms with E-state index in [9.17, 15) is 10.5 Å². The topological polar surface area (TPSA) is 92.5 Å². The molecule has 0 unspecified atom stereocenters. The van der Waals surface area contributed by atoms with Gasteiger partial charge in [-0.1, -0.05) is 109 Å². The Hall–Kier alpha value is -10.9. The van der Waals surface area contributed by atoms with Gasteiger partial charge in [0, 0.05) is 60.5 Å². The van der Waals surface area contributed by atoms with E-state index in [2.05, 4.69) is 188 Å². The lowest BCUT2D eigenvalue weighted by molar-refractivity contribution is 1.16. The zero-order valence-corrected chi connectivity index (χ0v) is 40.0. The summed E-state index contributed by atoms with van der Waals surface area (Å²) in [5.41, 5.74) is 16.9. The minimum atomic E-state index is 0.483. The number of hydrogen-bond donors (Lipinski definition) is 0. The third-order valence-electron chi connectivity index (χ3n) is 14.6. The Balaban J connectivity index is 0.895. The Morgan fingerprint density at radius 1 is 0.347 bits per heavy atom. The van der Waals surface area contributed by atoms with Crippen molar-refractivity contribution in [2.45, 2.75) is 0 Å². The molecule has 0 bridgehead atoms. The van der Waals surface area contributed by atoms with Crippen molar-refractivity contribution in [3.63, 3.8) is 0 Å². The molecule has 10 aromatic carbocycles. The SMILES string of the molecule is [C-]#[N+]c1cc(-c2cc(-c3ccc(C#N)cc3)nc(-c3ccc(C#N)cc3)n2)ccc1-c1ccc(-n2c3ccc(-n4c5ccccc5c5ccccc54)cc3c3cc(-n4c5ccccc5c5ccccc54)ccc32)cc1. The number of nitrogens with zero attached hydrogens (tertiary/aromatic N) is 8. The van der Waals surface area contributed by atoms with Crippen LogP contribution in [0.3, 0.4) is 0 Å². The van der Waals surface area contributed by atoms with E-state index in [1.54, 1.807) is 24.3 Å². The van der Waals surface area contributed by atoms with E-state index in [0.717, 1.165) is 88.8 Å². The molecule has 0 aliphatic rings. The van der Waals surface area contributed by atoms with Gasteiger partial charge in [-0.25, -0.2) is 14.8 Å². The van der Waals surface area contributed by atoms with E-state index >= 15 is 0 Å². The van der Waals surface area contributed by atoms with Crippen LogP contribution in [0.2, 0.25) is 0 Å². The van der Waals surface area contributed by atoms with Crippen molar-refractivity contribution >= 4 is 71.1 Å². The van der Waals surface area contributed by atoms with Gasteiger partial charge in [-0.15, -0.1) is 0 Å². The van der Waals surface area contributed by atoms with Gasteiger partial charge in [0.1, 0.15) is 0 Å². The second-order valence-corrected chi connectivity index (χ2v) is 18.7. The standard InChI is InChI=1S/C67H38N8/c1-70-60-36-47(59-39-58(45-22-18-42(40-68)19-23-45)71-67(72-59)46-24-20-43(41-69)21-25-46)28-33-51(60)44-26-29-48(30-27-44)73-65-34-31-49(74-61-14-6-2-10-52(61)53-11-3-7-15-62(53)74)37-56(65)57-38-50(32-35-66(57)73)75-63-16-8-4-12-54(63)55-13-5-9-17-64(55)75/h2-39H. The van der Waals surface area contributed by atoms with Crippen LogP contribution in [-0.4, -0.2) is 23.7 Å². The molecule has 14 aromatic rings. The molecule has 14 rings (SSSR count). The number of nitriles is 2. The molecular weight excluding hydrogens is 917 g/mol. The van der Waals surface area contributed by atoms with Gasteiger partial charge in [0.25, 0.3) is 0 Å². The first-order valence-corrected chi connectivity index (χ1v) is 24.6. The lowest BCUT2D eigenvalue weighted by Crippen LogP contribution is -1.97. The summed E-state index contributed by atoms with van der Waals surface area (Å²) in [5.74, 6) is 0.483. The molecule has 0 aliphatic carbocycles. The first-order valence-electron chi connectivity index (χ1n) is 24.6. The predicted molar refractivity (Wildman–Crippen MR) is 302 cm³/mol. The molecule has 0 aliphatic heterocycles. The van der Waals surface area contributed by atoms with Crippen molar-refractivity contribution in [3.05, 3.63) is 253 Å². The molecule has 0 saturated carbocycles. The van der Waals surface area contributed by atoms with Crippen molar-refractivity contribution < 1.29 is 0 Å². The van der Waals surface area contributed by atoms with Crippen LogP contribution >= 0.6 is 0 Å². The monoisotopic (exact) mass is 954 g/mol. The van der Waals surface area contributed by atoms with Gasteiger partial charge in [-0.3, -0.25) is 0 Å². The Labute approximate surface area is 430 Å². The molecule has 8 heteroatoms. The van der Waals surface area contributed by atoms with Crippen molar-refractivity contribution in [1.82, 2.24) is 23.7 Å². The highest BCUT2D eigenvalue weighted by Crippen LogP contribution is 2.41. The van der Waals surface area contributed by atoms with E-state index in [1.807, 2.05) is 48.5 Å². The normalized spacial score (nSPS) is 11.4. The summed E-state index contributed by atoms with van der Waals surface area (Å²) in [6.07, 6.45) is 0. The van der Waals surface area contributed by atoms with Crippen molar-refractivity contribution in [2.75, 3.05) is 0 Å². The molecule has 0 N–H and O–H groups in total. The van der Waals surface area contributed by atoms with Crippen LogP contribution in [-0.2, 0) is 0 Å². The Morgan fingerprint density at radius 3 is 1.20 bits per heavy atom. The maximum Gasteiger partial charge on any atom is 0.195 e. The first kappa shape index (κ1) is 43.0. The second-order valence-electron chi connectivity index (χ2n) is 18.7. The van der Waals surface area contributed by atoms with Gasteiger partial charge in [-0.2, -0.15) is 10.5 Å². The minimum absolute atomic E-state index is 0.483. The largest absolute Gasteiger partial charge is 0.309 e. The second kappa shape index (κ2) is 17.2. The summed E-state index contributed by atoms with van der Waals surface area (Å²) >= 11 is 0. The van der Waals surface area contributed by atoms with E-state index in [4.69, 9.17) is 16.5 Å². The molecule has 0 atom stereocenters. The van der Waals surface area contributed by atoms with Crippen LogP contribution in [0, 0.1) is 29.2 Å². The van der Waals surface area contributed by atoms with E-state index in [1.165, 1.54) is 21.5 Å². The molecule has 0 radical (unpaired) electrons. The van der Waals surface area contributed by atoms with Gasteiger partial charge < -0.3 is 13.7 Å². The number of rotatable bonds is 7. The number of aromatic nitrogens is 5. The van der Waals surface area contributed by atoms with Gasteiger partial charge in [-0.05, 0) is 138 Å². The number of hydrogen-bond acceptors (Lipinski definition) is 4. The summed E-state index contributed by atoms with van der Waals surface area (Å²) in [7, 11) is 0. The predicted octanol–water partition coefficient (Wildman–Crippen LogP) is 16.7. The highest BCUT2D eigenvalue weighted by atomic mass is 15.0. The smallest absolute Gasteiger partial charge is 0.195 e. The van der Waals surface area contributed by atoms with Gasteiger partial charge in [0.2, 0.25) is 0 Å². The lowest BCUT2D eigenvalue weighted by Gasteiger charge is -2.13. The minimum Gasteiger partial charge on any atom is -0.309 e. The van der Waals surface area contributed by atoms with Crippen LogP contribution in [0.1, 0.15) is 11.1 Å². The Kier molecular flexibility index (Phi) is 9.85. The highest BCUT2D eigenvalue weighted by Gasteiger charge is 2.20. The molecule has 4 aromatic heterocycles. The third kappa shape index (κ3) is 6.96. The van der Waals surface area contributed by atoms with Crippen LogP contribution < -0.4 is 0 Å². The fraction of sp³-hybridized carbons (Fsp3) is 0. The fourth-order valence-corrected chi connectivity index (χ4v) is 11.1. The number of benzene rings is 10. The lowest BCUT2D eigenvalue weighted by atomic mass is 9.99. The molecule has 0 amide bonds. The van der Waals surface area contributed by atoms with Crippen molar-refractivity contribution in [1.29, 1.82) is 10.5 Å². The van der Waals surface area contributed by atoms with Crippen LogP contribution in [0.4, 0.5) is 5.69 Å². The maximum atomic E-state index is 9.46. The molecule has 0 fully saturated rings. The molecule has 0 spiro atoms. The van der Waals surface area contributed by atoms with Crippen molar-refractivity contribution in [2.24, 2.45) is 0 Å². The van der Waals surface area contributed by atoms with E-state index < -0.39 is 0 Å². The summed E-state index contributed by atoms with van der Waals surface area (Å²) in [5, 5.41) is 26.1. The fourth-order valence-electron chi connectivity index (χ4n) is 11.1. The quantitative estimate of drug-likeness (QED) is 0.149. The molecule has 346 valence electrons. The Bertz CT molecular complexity index is 4430. The highest BCUT2D eigenvalue weighted by molar-refractivity contribution is 6.14. The Morgan fingerprint density at radius 2 is 0.733 bits per heavy atom. The zero-order valence-electron chi connectivity index (χ0n) is 40.0. The average Bonchev–Trinajstić information content (AvgIpc) is 4.12. The van der Waals surface area contributed by atoms with Crippen molar-refractivity contribution in [3.8, 4) is 74.2 Å². The molecule has 8 nitrogen and oxygen atoms in total. The van der Waals surface area contributed by atoms with E-state index in [0.29, 0.717) is 34.0 Å². The third-order valence-corrected chi connectivity index (χ3v) is 14.6. The molecule has 0 saturated heterocycles. The number of fused-ring (bicyclic) bond motifs is 9.